The van der Waals surface area contributed by atoms with E-state index in [-0.39, 0.29) is 78.1 Å². The Morgan fingerprint density at radius 3 is 1.16 bits per heavy atom. The van der Waals surface area contributed by atoms with E-state index in [1.165, 1.54) is 141 Å². The van der Waals surface area contributed by atoms with E-state index < -0.39 is 57.2 Å². The minimum absolute atomic E-state index is 0.0714. The minimum Gasteiger partial charge on any atom is -0.462 e. The second kappa shape index (κ2) is 53.7. The van der Waals surface area contributed by atoms with Crippen LogP contribution >= 0.6 is 7.82 Å². The van der Waals surface area contributed by atoms with Crippen molar-refractivity contribution in [1.82, 2.24) is 0 Å². The summed E-state index contributed by atoms with van der Waals surface area (Å²) in [7, 11) is -4.39. The summed E-state index contributed by atoms with van der Waals surface area (Å²) in [6.45, 7) is 5.01. The van der Waals surface area contributed by atoms with Gasteiger partial charge in [-0.1, -0.05) is 345 Å². The number of phosphoric acid groups is 1. The maximum Gasteiger partial charge on any atom is 0.475 e. The summed E-state index contributed by atoms with van der Waals surface area (Å²) in [5.74, 6) is -0.819. The van der Waals surface area contributed by atoms with Crippen molar-refractivity contribution >= 4 is 19.8 Å². The molecular weight excluding hydrogens is 1250 g/mol. The fourth-order valence-corrected chi connectivity index (χ4v) is 13.5. The SMILES string of the molecule is CCCCCCCCCCCCCCCCCC(=O)OC[C@H](COP(=O)(OCCCOC1OC(COCc2ccccc2)C(OCc2ccccc2)C(OCc2ccccc2)C1OCc1ccccc1)OCc1ccccc1)OC(=O)CCCCCCCCCCCCCCCCC. The number of carbonyl (C=O) groups is 2. The first kappa shape index (κ1) is 81.9. The number of unbranched alkanes of at least 4 members (excludes halogenated alkanes) is 28. The largest absolute Gasteiger partial charge is 0.475 e. The van der Waals surface area contributed by atoms with Gasteiger partial charge in [-0.2, -0.15) is 0 Å². The molecule has 15 heteroatoms. The van der Waals surface area contributed by atoms with E-state index in [9.17, 15) is 14.2 Å². The van der Waals surface area contributed by atoms with Crippen LogP contribution in [0.2, 0.25) is 0 Å². The molecule has 1 aliphatic heterocycles. The molecule has 1 fully saturated rings. The number of hydrogen-bond acceptors (Lipinski definition) is 14. The van der Waals surface area contributed by atoms with Gasteiger partial charge in [0, 0.05) is 12.8 Å². The van der Waals surface area contributed by atoms with Gasteiger partial charge in [-0.05, 0) is 47.1 Å². The summed E-state index contributed by atoms with van der Waals surface area (Å²) < 4.78 is 85.5. The fourth-order valence-electron chi connectivity index (χ4n) is 12.2. The van der Waals surface area contributed by atoms with Crippen LogP contribution < -0.4 is 0 Å². The zero-order valence-electron chi connectivity index (χ0n) is 60.0. The van der Waals surface area contributed by atoms with Crippen LogP contribution in [-0.2, 0) is 98.7 Å². The number of carbonyl (C=O) groups excluding carboxylic acids is 2. The zero-order chi connectivity index (χ0) is 68.9. The topological polar surface area (TPSA) is 153 Å². The summed E-state index contributed by atoms with van der Waals surface area (Å²) >= 11 is 0. The first-order valence-corrected chi connectivity index (χ1v) is 39.5. The second-order valence-electron chi connectivity index (χ2n) is 26.6. The van der Waals surface area contributed by atoms with Crippen LogP contribution in [0.4, 0.5) is 0 Å². The van der Waals surface area contributed by atoms with Crippen LogP contribution in [0, 0.1) is 0 Å². The highest BCUT2D eigenvalue weighted by atomic mass is 31.2. The van der Waals surface area contributed by atoms with E-state index in [1.54, 1.807) is 0 Å². The summed E-state index contributed by atoms with van der Waals surface area (Å²) in [6.07, 6.45) is 32.5. The second-order valence-corrected chi connectivity index (χ2v) is 28.3. The van der Waals surface area contributed by atoms with Crippen molar-refractivity contribution in [2.75, 3.05) is 33.0 Å². The van der Waals surface area contributed by atoms with Crippen LogP contribution in [0.15, 0.2) is 152 Å². The molecule has 0 amide bonds. The maximum atomic E-state index is 14.9. The molecule has 6 unspecified atom stereocenters. The summed E-state index contributed by atoms with van der Waals surface area (Å²) in [5.41, 5.74) is 4.67. The minimum atomic E-state index is -4.39. The molecule has 544 valence electrons. The van der Waals surface area contributed by atoms with Crippen LogP contribution in [0.3, 0.4) is 0 Å². The zero-order valence-corrected chi connectivity index (χ0v) is 60.9. The van der Waals surface area contributed by atoms with Crippen molar-refractivity contribution in [3.8, 4) is 0 Å². The van der Waals surface area contributed by atoms with E-state index in [2.05, 4.69) is 13.8 Å². The quantitative estimate of drug-likeness (QED) is 0.0206. The number of ether oxygens (including phenoxy) is 8. The molecular formula is C83H123O14P. The molecule has 5 aromatic carbocycles. The Morgan fingerprint density at radius 2 is 0.735 bits per heavy atom. The van der Waals surface area contributed by atoms with Crippen molar-refractivity contribution in [3.05, 3.63) is 179 Å². The Hall–Kier alpha value is -5.09. The molecule has 0 aliphatic carbocycles. The van der Waals surface area contributed by atoms with Crippen LogP contribution in [0.5, 0.6) is 0 Å². The highest BCUT2D eigenvalue weighted by Crippen LogP contribution is 2.50. The predicted molar refractivity (Wildman–Crippen MR) is 391 cm³/mol. The van der Waals surface area contributed by atoms with E-state index in [0.717, 1.165) is 66.3 Å². The van der Waals surface area contributed by atoms with Gasteiger partial charge in [-0.3, -0.25) is 23.2 Å². The van der Waals surface area contributed by atoms with Crippen molar-refractivity contribution in [2.24, 2.45) is 0 Å². The predicted octanol–water partition coefficient (Wildman–Crippen LogP) is 21.4. The van der Waals surface area contributed by atoms with Crippen molar-refractivity contribution in [3.63, 3.8) is 0 Å². The van der Waals surface area contributed by atoms with Gasteiger partial charge in [0.25, 0.3) is 0 Å². The fraction of sp³-hybridized carbons (Fsp3) is 0.614. The number of esters is 2. The molecule has 7 atom stereocenters. The smallest absolute Gasteiger partial charge is 0.462 e. The van der Waals surface area contributed by atoms with E-state index in [0.29, 0.717) is 19.4 Å². The van der Waals surface area contributed by atoms with Gasteiger partial charge in [-0.15, -0.1) is 0 Å². The van der Waals surface area contributed by atoms with E-state index >= 15 is 0 Å². The lowest BCUT2D eigenvalue weighted by molar-refractivity contribution is -0.328. The summed E-state index contributed by atoms with van der Waals surface area (Å²) in [4.78, 5) is 26.8. The van der Waals surface area contributed by atoms with Crippen molar-refractivity contribution < 1.29 is 65.6 Å². The van der Waals surface area contributed by atoms with Gasteiger partial charge in [0.05, 0.1) is 59.5 Å². The number of rotatable bonds is 60. The van der Waals surface area contributed by atoms with Gasteiger partial charge >= 0.3 is 19.8 Å². The van der Waals surface area contributed by atoms with Crippen molar-refractivity contribution in [2.45, 2.75) is 296 Å². The molecule has 1 saturated heterocycles. The Balaban J connectivity index is 1.08. The van der Waals surface area contributed by atoms with E-state index in [1.807, 2.05) is 152 Å². The molecule has 0 saturated carbocycles. The Morgan fingerprint density at radius 1 is 0.367 bits per heavy atom. The number of benzene rings is 5. The molecule has 0 spiro atoms. The lowest BCUT2D eigenvalue weighted by atomic mass is 9.97. The molecule has 14 nitrogen and oxygen atoms in total. The maximum absolute atomic E-state index is 14.9. The molecule has 5 aromatic rings. The van der Waals surface area contributed by atoms with Crippen LogP contribution in [0.25, 0.3) is 0 Å². The van der Waals surface area contributed by atoms with Crippen LogP contribution in [0.1, 0.15) is 254 Å². The molecule has 1 aliphatic rings. The molecule has 0 aromatic heterocycles. The highest BCUT2D eigenvalue weighted by molar-refractivity contribution is 7.48. The first-order valence-electron chi connectivity index (χ1n) is 38.1. The first-order chi connectivity index (χ1) is 48.3. The lowest BCUT2D eigenvalue weighted by Crippen LogP contribution is -2.61. The molecule has 0 N–H and O–H groups in total. The third kappa shape index (κ3) is 37.5. The van der Waals surface area contributed by atoms with Gasteiger partial charge in [-0.25, -0.2) is 4.57 Å². The van der Waals surface area contributed by atoms with Crippen molar-refractivity contribution in [1.29, 1.82) is 0 Å². The van der Waals surface area contributed by atoms with Gasteiger partial charge in [0.15, 0.2) is 12.4 Å². The summed E-state index contributed by atoms with van der Waals surface area (Å²) in [6, 6.07) is 49.2. The number of hydrogen-bond donors (Lipinski definition) is 0. The molecule has 1 heterocycles. The van der Waals surface area contributed by atoms with Gasteiger partial charge < -0.3 is 37.9 Å². The van der Waals surface area contributed by atoms with E-state index in [4.69, 9.17) is 51.5 Å². The Bertz CT molecular complexity index is 2740. The molecule has 6 rings (SSSR count). The average Bonchev–Trinajstić information content (AvgIpc) is 0.803. The van der Waals surface area contributed by atoms with Crippen LogP contribution in [-0.4, -0.2) is 81.8 Å². The Kier molecular flexibility index (Phi) is 44.9. The third-order valence-corrected chi connectivity index (χ3v) is 19.4. The Labute approximate surface area is 590 Å². The van der Waals surface area contributed by atoms with Gasteiger partial charge in [0.2, 0.25) is 0 Å². The lowest BCUT2D eigenvalue weighted by Gasteiger charge is -2.46. The molecule has 0 bridgehead atoms. The number of phosphoric ester groups is 1. The summed E-state index contributed by atoms with van der Waals surface area (Å²) in [5, 5.41) is 0. The average molecular weight is 1380 g/mol. The normalized spacial score (nSPS) is 17.1. The molecule has 98 heavy (non-hydrogen) atoms. The van der Waals surface area contributed by atoms with Gasteiger partial charge in [0.1, 0.15) is 31.0 Å². The standard InChI is InChI=1S/C83H123O14P/c1-3-5-7-9-11-13-15-17-19-21-23-25-27-29-46-59-78(84)89-68-76(96-79(85)60-47-30-28-26-24-22-20-18-16-14-12-10-8-6-4-2)69-95-98(86,94-67-75-57-44-35-45-58-75)93-62-48-61-88-83-82(92-66-74-55-42-34-43-56-74)81(91-65-73-53-40-33-41-54-73)80(90-64-72-51-38-32-39-52-72)77(97-83)70-87-63-71-49-36-31-37-50-71/h31-45,49-58,76-77,80-83H,3-30,46-48,59-70H2,1-2H3/t76-,77?,80?,81?,82?,83?,98?/m1/s1. The monoisotopic (exact) mass is 1370 g/mol. The molecule has 0 radical (unpaired) electrons. The third-order valence-electron chi connectivity index (χ3n) is 18.0. The highest BCUT2D eigenvalue weighted by Gasteiger charge is 2.49.